The molecule has 1 aliphatic carbocycles. The van der Waals surface area contributed by atoms with Crippen molar-refractivity contribution in [1.29, 1.82) is 0 Å². The van der Waals surface area contributed by atoms with E-state index in [1.807, 2.05) is 0 Å². The van der Waals surface area contributed by atoms with Gasteiger partial charge in [0.15, 0.2) is 0 Å². The van der Waals surface area contributed by atoms with Gasteiger partial charge in [0.1, 0.15) is 0 Å². The highest BCUT2D eigenvalue weighted by atomic mass is 32.1. The molecule has 0 radical (unpaired) electrons. The molecule has 0 bridgehead atoms. The number of hydrogen-bond acceptors (Lipinski definition) is 2. The molecule has 0 saturated heterocycles. The average Bonchev–Trinajstić information content (AvgIpc) is 2.52. The highest BCUT2D eigenvalue weighted by molar-refractivity contribution is 7.80. The van der Waals surface area contributed by atoms with E-state index in [0.717, 1.165) is 19.3 Å². The molecule has 0 aliphatic heterocycles. The summed E-state index contributed by atoms with van der Waals surface area (Å²) in [4.78, 5) is 11.5. The largest absolute Gasteiger partial charge is 0.393 e. The van der Waals surface area contributed by atoms with Crippen LogP contribution >= 0.6 is 12.2 Å². The first-order valence-corrected chi connectivity index (χ1v) is 4.83. The first kappa shape index (κ1) is 10.2. The number of amides is 2. The zero-order chi connectivity index (χ0) is 9.84. The van der Waals surface area contributed by atoms with E-state index in [-0.39, 0.29) is 18.0 Å². The van der Waals surface area contributed by atoms with E-state index in [2.05, 4.69) is 10.6 Å². The molecule has 2 unspecified atom stereocenters. The van der Waals surface area contributed by atoms with Gasteiger partial charge >= 0.3 is 6.03 Å². The number of rotatable bonds is 2. The van der Waals surface area contributed by atoms with Crippen molar-refractivity contribution in [3.05, 3.63) is 0 Å². The van der Waals surface area contributed by atoms with Gasteiger partial charge in [-0.3, -0.25) is 0 Å². The lowest BCUT2D eigenvalue weighted by molar-refractivity contribution is 0.238. The Morgan fingerprint density at radius 2 is 2.23 bits per heavy atom. The fraction of sp³-hybridized carbons (Fsp3) is 0.750. The number of hydrogen-bond donors (Lipinski definition) is 3. The van der Waals surface area contributed by atoms with Crippen LogP contribution in [0.1, 0.15) is 19.3 Å². The Balaban J connectivity index is 2.48. The summed E-state index contributed by atoms with van der Waals surface area (Å²) in [5, 5.41) is 5.36. The Morgan fingerprint density at radius 1 is 1.54 bits per heavy atom. The van der Waals surface area contributed by atoms with Crippen molar-refractivity contribution in [2.75, 3.05) is 7.05 Å². The lowest BCUT2D eigenvalue weighted by Gasteiger charge is -2.19. The Bertz CT molecular complexity index is 219. The maximum Gasteiger partial charge on any atom is 0.314 e. The van der Waals surface area contributed by atoms with Gasteiger partial charge in [0, 0.05) is 19.0 Å². The molecule has 2 amide bonds. The van der Waals surface area contributed by atoms with E-state index in [9.17, 15) is 4.79 Å². The van der Waals surface area contributed by atoms with Gasteiger partial charge in [-0.1, -0.05) is 18.6 Å². The molecule has 4 nitrogen and oxygen atoms in total. The molecule has 1 saturated carbocycles. The molecule has 2 atom stereocenters. The van der Waals surface area contributed by atoms with Gasteiger partial charge in [0.05, 0.1) is 4.99 Å². The third-order valence-corrected chi connectivity index (χ3v) is 2.73. The predicted octanol–water partition coefficient (Wildman–Crippen LogP) is 0.370. The first-order valence-electron chi connectivity index (χ1n) is 4.42. The monoisotopic (exact) mass is 201 g/mol. The average molecular weight is 201 g/mol. The summed E-state index contributed by atoms with van der Waals surface area (Å²) in [6.07, 6.45) is 3.04. The predicted molar refractivity (Wildman–Crippen MR) is 55.5 cm³/mol. The van der Waals surface area contributed by atoms with E-state index >= 15 is 0 Å². The fourth-order valence-electron chi connectivity index (χ4n) is 1.71. The maximum atomic E-state index is 11.0. The molecule has 0 aromatic heterocycles. The van der Waals surface area contributed by atoms with Gasteiger partial charge in [-0.2, -0.15) is 0 Å². The van der Waals surface area contributed by atoms with E-state index < -0.39 is 0 Å². The second kappa shape index (κ2) is 4.41. The Hall–Kier alpha value is -0.840. The van der Waals surface area contributed by atoms with Crippen LogP contribution in [-0.2, 0) is 0 Å². The molecule has 4 N–H and O–H groups in total. The van der Waals surface area contributed by atoms with E-state index in [4.69, 9.17) is 18.0 Å². The molecule has 74 valence electrons. The van der Waals surface area contributed by atoms with Crippen molar-refractivity contribution in [3.63, 3.8) is 0 Å². The number of carbonyl (C=O) groups is 1. The zero-order valence-electron chi connectivity index (χ0n) is 7.67. The van der Waals surface area contributed by atoms with Crippen molar-refractivity contribution < 1.29 is 4.79 Å². The van der Waals surface area contributed by atoms with Gasteiger partial charge in [0.25, 0.3) is 0 Å². The number of urea groups is 1. The van der Waals surface area contributed by atoms with Crippen LogP contribution in [-0.4, -0.2) is 24.1 Å². The summed E-state index contributed by atoms with van der Waals surface area (Å²) in [5.41, 5.74) is 5.57. The van der Waals surface area contributed by atoms with E-state index in [0.29, 0.717) is 4.99 Å². The van der Waals surface area contributed by atoms with Gasteiger partial charge in [-0.05, 0) is 12.8 Å². The lowest BCUT2D eigenvalue weighted by atomic mass is 10.0. The molecule has 1 fully saturated rings. The second-order valence-corrected chi connectivity index (χ2v) is 3.74. The number of thiocarbonyl (C=S) groups is 1. The summed E-state index contributed by atoms with van der Waals surface area (Å²) in [7, 11) is 1.60. The minimum atomic E-state index is -0.159. The van der Waals surface area contributed by atoms with Crippen LogP contribution in [0.2, 0.25) is 0 Å². The van der Waals surface area contributed by atoms with E-state index in [1.165, 1.54) is 0 Å². The summed E-state index contributed by atoms with van der Waals surface area (Å²) in [6.45, 7) is 0. The van der Waals surface area contributed by atoms with Crippen LogP contribution in [0.5, 0.6) is 0 Å². The lowest BCUT2D eigenvalue weighted by Crippen LogP contribution is -2.45. The van der Waals surface area contributed by atoms with Crippen LogP contribution < -0.4 is 16.4 Å². The van der Waals surface area contributed by atoms with Crippen molar-refractivity contribution in [2.45, 2.75) is 25.3 Å². The third-order valence-electron chi connectivity index (χ3n) is 2.42. The molecule has 13 heavy (non-hydrogen) atoms. The number of nitrogens with two attached hydrogens (primary N) is 1. The van der Waals surface area contributed by atoms with Gasteiger partial charge in [0.2, 0.25) is 0 Å². The molecule has 0 aromatic rings. The standard InChI is InChI=1S/C8H15N3OS/c1-10-8(12)11-6-4-2-3-5(6)7(9)13/h5-6H,2-4H2,1H3,(H2,9,13)(H2,10,11,12). The van der Waals surface area contributed by atoms with Crippen molar-refractivity contribution in [2.24, 2.45) is 11.7 Å². The summed E-state index contributed by atoms with van der Waals surface area (Å²) >= 11 is 4.93. The Morgan fingerprint density at radius 3 is 2.77 bits per heavy atom. The van der Waals surface area contributed by atoms with Crippen molar-refractivity contribution in [3.8, 4) is 0 Å². The van der Waals surface area contributed by atoms with Gasteiger partial charge in [-0.15, -0.1) is 0 Å². The SMILES string of the molecule is CNC(=O)NC1CCCC1C(N)=S. The Kier molecular flexibility index (Phi) is 3.48. The molecule has 0 heterocycles. The Labute approximate surface area is 83.2 Å². The molecule has 5 heteroatoms. The molecular formula is C8H15N3OS. The summed E-state index contributed by atoms with van der Waals surface area (Å²) < 4.78 is 0. The highest BCUT2D eigenvalue weighted by Gasteiger charge is 2.30. The number of carbonyl (C=O) groups excluding carboxylic acids is 1. The van der Waals surface area contributed by atoms with Crippen LogP contribution in [0.3, 0.4) is 0 Å². The zero-order valence-corrected chi connectivity index (χ0v) is 8.49. The van der Waals surface area contributed by atoms with Crippen LogP contribution in [0.15, 0.2) is 0 Å². The molecule has 1 rings (SSSR count). The molecular weight excluding hydrogens is 186 g/mol. The van der Waals surface area contributed by atoms with Crippen molar-refractivity contribution in [1.82, 2.24) is 10.6 Å². The van der Waals surface area contributed by atoms with E-state index in [1.54, 1.807) is 7.05 Å². The maximum absolute atomic E-state index is 11.0. The first-order chi connectivity index (χ1) is 6.15. The van der Waals surface area contributed by atoms with Gasteiger partial charge < -0.3 is 16.4 Å². The third kappa shape index (κ3) is 2.55. The topological polar surface area (TPSA) is 67.2 Å². The number of nitrogens with one attached hydrogen (secondary N) is 2. The summed E-state index contributed by atoms with van der Waals surface area (Å²) in [5.74, 6) is 0.173. The second-order valence-electron chi connectivity index (χ2n) is 3.27. The molecule has 0 aromatic carbocycles. The van der Waals surface area contributed by atoms with Crippen LogP contribution in [0.25, 0.3) is 0 Å². The van der Waals surface area contributed by atoms with Crippen LogP contribution in [0, 0.1) is 5.92 Å². The molecule has 1 aliphatic rings. The minimum Gasteiger partial charge on any atom is -0.393 e. The highest BCUT2D eigenvalue weighted by Crippen LogP contribution is 2.25. The normalized spacial score (nSPS) is 26.8. The quantitative estimate of drug-likeness (QED) is 0.565. The minimum absolute atomic E-state index is 0.123. The molecule has 0 spiro atoms. The van der Waals surface area contributed by atoms with Gasteiger partial charge in [-0.25, -0.2) is 4.79 Å². The smallest absolute Gasteiger partial charge is 0.314 e. The van der Waals surface area contributed by atoms with Crippen LogP contribution in [0.4, 0.5) is 4.79 Å². The summed E-state index contributed by atoms with van der Waals surface area (Å²) in [6, 6.07) is -0.0365. The van der Waals surface area contributed by atoms with Crippen molar-refractivity contribution >= 4 is 23.2 Å². The fourth-order valence-corrected chi connectivity index (χ4v) is 2.00.